The zero-order chi connectivity index (χ0) is 12.1. The zero-order valence-corrected chi connectivity index (χ0v) is 9.14. The van der Waals surface area contributed by atoms with Crippen molar-refractivity contribution in [3.05, 3.63) is 18.0 Å². The van der Waals surface area contributed by atoms with E-state index in [9.17, 15) is 9.59 Å². The number of nitrogens with zero attached hydrogens (tertiary/aromatic N) is 1. The molecule has 0 spiro atoms. The van der Waals surface area contributed by atoms with E-state index in [1.54, 1.807) is 6.92 Å². The normalized spacial score (nSPS) is 14.1. The van der Waals surface area contributed by atoms with Crippen molar-refractivity contribution < 1.29 is 19.2 Å². The van der Waals surface area contributed by atoms with Crippen LogP contribution in [-0.4, -0.2) is 28.2 Å². The topological polar surface area (TPSA) is 92.4 Å². The van der Waals surface area contributed by atoms with Crippen LogP contribution in [0.5, 0.6) is 0 Å². The first-order chi connectivity index (χ1) is 7.56. The Labute approximate surface area is 92.6 Å². The van der Waals surface area contributed by atoms with Gasteiger partial charge in [-0.25, -0.2) is 4.79 Å². The molecule has 2 unspecified atom stereocenters. The molecule has 1 heterocycles. The monoisotopic (exact) mass is 226 g/mol. The van der Waals surface area contributed by atoms with E-state index >= 15 is 0 Å². The lowest BCUT2D eigenvalue weighted by Gasteiger charge is -2.19. The first-order valence-corrected chi connectivity index (χ1v) is 5.00. The van der Waals surface area contributed by atoms with Crippen LogP contribution < -0.4 is 5.32 Å². The Morgan fingerprint density at radius 3 is 2.75 bits per heavy atom. The summed E-state index contributed by atoms with van der Waals surface area (Å²) in [6.07, 6.45) is 1.99. The highest BCUT2D eigenvalue weighted by Crippen LogP contribution is 2.09. The largest absolute Gasteiger partial charge is 0.480 e. The third-order valence-electron chi connectivity index (χ3n) is 2.43. The van der Waals surface area contributed by atoms with Crippen molar-refractivity contribution in [2.24, 2.45) is 5.92 Å². The zero-order valence-electron chi connectivity index (χ0n) is 9.14. The molecule has 2 atom stereocenters. The summed E-state index contributed by atoms with van der Waals surface area (Å²) < 4.78 is 4.63. The third-order valence-corrected chi connectivity index (χ3v) is 2.43. The summed E-state index contributed by atoms with van der Waals surface area (Å²) in [6.45, 7) is 3.63. The van der Waals surface area contributed by atoms with Gasteiger partial charge in [0.15, 0.2) is 0 Å². The van der Waals surface area contributed by atoms with E-state index in [-0.39, 0.29) is 11.7 Å². The molecule has 6 nitrogen and oxygen atoms in total. The summed E-state index contributed by atoms with van der Waals surface area (Å²) in [5.41, 5.74) is 0. The number of carbonyl (C=O) groups is 2. The van der Waals surface area contributed by atoms with Crippen LogP contribution in [0.25, 0.3) is 0 Å². The Kier molecular flexibility index (Phi) is 4.04. The van der Waals surface area contributed by atoms with Crippen molar-refractivity contribution >= 4 is 11.9 Å². The quantitative estimate of drug-likeness (QED) is 0.778. The third kappa shape index (κ3) is 2.82. The first-order valence-electron chi connectivity index (χ1n) is 5.00. The fourth-order valence-electron chi connectivity index (χ4n) is 1.23. The number of carboxylic acid groups (broad SMARTS) is 1. The van der Waals surface area contributed by atoms with Crippen LogP contribution in [0.2, 0.25) is 0 Å². The van der Waals surface area contributed by atoms with Gasteiger partial charge in [0.2, 0.25) is 5.76 Å². The maximum atomic E-state index is 11.5. The average molecular weight is 226 g/mol. The fraction of sp³-hybridized carbons (Fsp3) is 0.500. The lowest BCUT2D eigenvalue weighted by molar-refractivity contribution is -0.140. The number of amides is 1. The van der Waals surface area contributed by atoms with Gasteiger partial charge >= 0.3 is 5.97 Å². The molecule has 0 saturated carbocycles. The highest BCUT2D eigenvalue weighted by molar-refractivity contribution is 5.94. The molecule has 1 aromatic heterocycles. The Hall–Kier alpha value is -1.85. The molecule has 6 heteroatoms. The van der Waals surface area contributed by atoms with Gasteiger partial charge in [-0.1, -0.05) is 25.4 Å². The van der Waals surface area contributed by atoms with Crippen molar-refractivity contribution in [1.82, 2.24) is 10.5 Å². The summed E-state index contributed by atoms with van der Waals surface area (Å²) in [5.74, 6) is -1.76. The van der Waals surface area contributed by atoms with E-state index in [1.165, 1.54) is 12.3 Å². The first kappa shape index (κ1) is 12.2. The number of aliphatic carboxylic acids is 1. The van der Waals surface area contributed by atoms with Crippen LogP contribution in [0.4, 0.5) is 0 Å². The van der Waals surface area contributed by atoms with Gasteiger partial charge in [0, 0.05) is 6.07 Å². The molecule has 0 saturated heterocycles. The highest BCUT2D eigenvalue weighted by atomic mass is 16.5. The average Bonchev–Trinajstić information content (AvgIpc) is 2.77. The van der Waals surface area contributed by atoms with Crippen LogP contribution in [0.3, 0.4) is 0 Å². The van der Waals surface area contributed by atoms with Gasteiger partial charge in [0.25, 0.3) is 5.91 Å². The molecule has 0 radical (unpaired) electrons. The summed E-state index contributed by atoms with van der Waals surface area (Å²) in [6, 6.07) is 0.466. The minimum Gasteiger partial charge on any atom is -0.480 e. The lowest BCUT2D eigenvalue weighted by Crippen LogP contribution is -2.44. The van der Waals surface area contributed by atoms with Crippen molar-refractivity contribution in [2.45, 2.75) is 26.3 Å². The maximum absolute atomic E-state index is 11.5. The van der Waals surface area contributed by atoms with Gasteiger partial charge < -0.3 is 14.9 Å². The number of carboxylic acids is 1. The molecule has 0 aliphatic carbocycles. The van der Waals surface area contributed by atoms with Gasteiger partial charge in [-0.3, -0.25) is 4.79 Å². The van der Waals surface area contributed by atoms with Crippen LogP contribution in [0.15, 0.2) is 16.8 Å². The second kappa shape index (κ2) is 5.29. The molecule has 2 N–H and O–H groups in total. The van der Waals surface area contributed by atoms with Gasteiger partial charge in [0.05, 0.1) is 6.20 Å². The second-order valence-corrected chi connectivity index (χ2v) is 3.55. The molecule has 1 amide bonds. The van der Waals surface area contributed by atoms with E-state index in [0.717, 1.165) is 0 Å². The van der Waals surface area contributed by atoms with Gasteiger partial charge in [-0.15, -0.1) is 0 Å². The van der Waals surface area contributed by atoms with Crippen molar-refractivity contribution in [2.75, 3.05) is 0 Å². The van der Waals surface area contributed by atoms with Crippen LogP contribution in [-0.2, 0) is 4.79 Å². The number of rotatable bonds is 5. The predicted molar refractivity (Wildman–Crippen MR) is 54.8 cm³/mol. The summed E-state index contributed by atoms with van der Waals surface area (Å²) >= 11 is 0. The number of carbonyl (C=O) groups excluding carboxylic acids is 1. The Morgan fingerprint density at radius 2 is 2.31 bits per heavy atom. The Morgan fingerprint density at radius 1 is 1.62 bits per heavy atom. The highest BCUT2D eigenvalue weighted by Gasteiger charge is 2.26. The van der Waals surface area contributed by atoms with Crippen molar-refractivity contribution in [1.29, 1.82) is 0 Å². The van der Waals surface area contributed by atoms with Crippen molar-refractivity contribution in [3.63, 3.8) is 0 Å². The molecular formula is C10H14N2O4. The van der Waals surface area contributed by atoms with Crippen LogP contribution >= 0.6 is 0 Å². The number of nitrogens with one attached hydrogen (secondary N) is 1. The Bertz CT molecular complexity index is 361. The minimum absolute atomic E-state index is 0.00885. The Balaban J connectivity index is 2.69. The number of hydrogen-bond acceptors (Lipinski definition) is 4. The molecular weight excluding hydrogens is 212 g/mol. The van der Waals surface area contributed by atoms with Crippen molar-refractivity contribution in [3.8, 4) is 0 Å². The SMILES string of the molecule is CCC(C)C(NC(=O)c1ccno1)C(=O)O. The predicted octanol–water partition coefficient (Wildman–Crippen LogP) is 0.904. The molecule has 0 aliphatic rings. The van der Waals surface area contributed by atoms with Gasteiger partial charge in [-0.2, -0.15) is 0 Å². The van der Waals surface area contributed by atoms with E-state index in [0.29, 0.717) is 6.42 Å². The molecule has 0 fully saturated rings. The lowest BCUT2D eigenvalue weighted by atomic mass is 9.99. The molecule has 0 bridgehead atoms. The summed E-state index contributed by atoms with van der Waals surface area (Å²) in [7, 11) is 0. The summed E-state index contributed by atoms with van der Waals surface area (Å²) in [4.78, 5) is 22.5. The number of hydrogen-bond donors (Lipinski definition) is 2. The van der Waals surface area contributed by atoms with E-state index in [1.807, 2.05) is 6.92 Å². The number of aromatic nitrogens is 1. The fourth-order valence-corrected chi connectivity index (χ4v) is 1.23. The van der Waals surface area contributed by atoms with E-state index in [2.05, 4.69) is 15.0 Å². The standard InChI is InChI=1S/C10H14N2O4/c1-3-6(2)8(10(14)15)12-9(13)7-4-5-11-16-7/h4-6,8H,3H2,1-2H3,(H,12,13)(H,14,15). The van der Waals surface area contributed by atoms with E-state index < -0.39 is 17.9 Å². The molecule has 1 aromatic rings. The molecule has 0 aromatic carbocycles. The second-order valence-electron chi connectivity index (χ2n) is 3.55. The molecule has 88 valence electrons. The maximum Gasteiger partial charge on any atom is 0.326 e. The smallest absolute Gasteiger partial charge is 0.326 e. The summed E-state index contributed by atoms with van der Waals surface area (Å²) in [5, 5.41) is 14.7. The van der Waals surface area contributed by atoms with Gasteiger partial charge in [0.1, 0.15) is 6.04 Å². The molecule has 1 rings (SSSR count). The van der Waals surface area contributed by atoms with Crippen LogP contribution in [0.1, 0.15) is 30.8 Å². The molecule has 0 aliphatic heterocycles. The van der Waals surface area contributed by atoms with Gasteiger partial charge in [-0.05, 0) is 5.92 Å². The minimum atomic E-state index is -1.05. The van der Waals surface area contributed by atoms with Crippen LogP contribution in [0, 0.1) is 5.92 Å². The van der Waals surface area contributed by atoms with E-state index in [4.69, 9.17) is 5.11 Å². The molecule has 16 heavy (non-hydrogen) atoms.